The molecule has 16 heavy (non-hydrogen) atoms. The van der Waals surface area contributed by atoms with Crippen LogP contribution < -0.4 is 5.32 Å². The zero-order chi connectivity index (χ0) is 11.4. The van der Waals surface area contributed by atoms with E-state index in [0.29, 0.717) is 0 Å². The van der Waals surface area contributed by atoms with E-state index in [9.17, 15) is 0 Å². The quantitative estimate of drug-likeness (QED) is 0.793. The van der Waals surface area contributed by atoms with Crippen LogP contribution >= 0.6 is 0 Å². The van der Waals surface area contributed by atoms with Gasteiger partial charge in [-0.25, -0.2) is 0 Å². The summed E-state index contributed by atoms with van der Waals surface area (Å²) in [7, 11) is 0. The summed E-state index contributed by atoms with van der Waals surface area (Å²) in [5.41, 5.74) is 0. The van der Waals surface area contributed by atoms with E-state index in [1.807, 2.05) is 0 Å². The average molecular weight is 224 g/mol. The molecule has 2 aliphatic heterocycles. The summed E-state index contributed by atoms with van der Waals surface area (Å²) >= 11 is 0. The zero-order valence-electron chi connectivity index (χ0n) is 11.0. The number of hydrogen-bond acceptors (Lipinski definition) is 2. The Labute approximate surface area is 101 Å². The van der Waals surface area contributed by atoms with Crippen molar-refractivity contribution in [2.24, 2.45) is 5.92 Å². The van der Waals surface area contributed by atoms with Crippen LogP contribution in [0.1, 0.15) is 52.4 Å². The molecule has 0 aromatic rings. The minimum atomic E-state index is 0.776. The molecule has 2 fully saturated rings. The normalized spacial score (nSPS) is 34.9. The second-order valence-electron chi connectivity index (χ2n) is 5.97. The number of nitrogens with one attached hydrogen (secondary N) is 1. The van der Waals surface area contributed by atoms with Gasteiger partial charge in [-0.2, -0.15) is 0 Å². The van der Waals surface area contributed by atoms with Gasteiger partial charge in [-0.3, -0.25) is 0 Å². The average Bonchev–Trinajstić information content (AvgIpc) is 2.30. The van der Waals surface area contributed by atoms with Gasteiger partial charge in [0, 0.05) is 18.6 Å². The molecule has 2 rings (SSSR count). The van der Waals surface area contributed by atoms with E-state index < -0.39 is 0 Å². The Kier molecular flexibility index (Phi) is 4.66. The van der Waals surface area contributed by atoms with Crippen molar-refractivity contribution in [1.29, 1.82) is 0 Å². The van der Waals surface area contributed by atoms with Crippen molar-refractivity contribution in [3.05, 3.63) is 0 Å². The van der Waals surface area contributed by atoms with E-state index in [1.165, 1.54) is 58.2 Å². The van der Waals surface area contributed by atoms with Crippen LogP contribution in [-0.4, -0.2) is 36.6 Å². The maximum Gasteiger partial charge on any atom is 0.00818 e. The number of rotatable bonds is 3. The molecule has 0 aromatic heterocycles. The van der Waals surface area contributed by atoms with E-state index in [2.05, 4.69) is 24.1 Å². The zero-order valence-corrected chi connectivity index (χ0v) is 11.0. The summed E-state index contributed by atoms with van der Waals surface area (Å²) in [6.45, 7) is 8.73. The lowest BCUT2D eigenvalue weighted by Crippen LogP contribution is -2.45. The minimum Gasteiger partial charge on any atom is -0.314 e. The molecule has 0 saturated carbocycles. The van der Waals surface area contributed by atoms with E-state index >= 15 is 0 Å². The molecule has 0 aromatic carbocycles. The molecule has 3 unspecified atom stereocenters. The highest BCUT2D eigenvalue weighted by Gasteiger charge is 2.23. The predicted molar refractivity (Wildman–Crippen MR) is 69.7 cm³/mol. The van der Waals surface area contributed by atoms with Gasteiger partial charge in [0.25, 0.3) is 0 Å². The largest absolute Gasteiger partial charge is 0.314 e. The van der Waals surface area contributed by atoms with Gasteiger partial charge in [0.1, 0.15) is 0 Å². The smallest absolute Gasteiger partial charge is 0.00818 e. The lowest BCUT2D eigenvalue weighted by Gasteiger charge is -2.37. The van der Waals surface area contributed by atoms with E-state index in [4.69, 9.17) is 0 Å². The number of nitrogens with zero attached hydrogens (tertiary/aromatic N) is 1. The first-order valence-electron chi connectivity index (χ1n) is 7.23. The third-order valence-electron chi connectivity index (χ3n) is 4.35. The highest BCUT2D eigenvalue weighted by Crippen LogP contribution is 2.21. The molecular formula is C14H28N2. The van der Waals surface area contributed by atoms with Gasteiger partial charge in [0.2, 0.25) is 0 Å². The monoisotopic (exact) mass is 224 g/mol. The number of hydrogen-bond donors (Lipinski definition) is 1. The topological polar surface area (TPSA) is 15.3 Å². The molecule has 3 atom stereocenters. The Bertz CT molecular complexity index is 199. The van der Waals surface area contributed by atoms with Gasteiger partial charge >= 0.3 is 0 Å². The van der Waals surface area contributed by atoms with Gasteiger partial charge in [-0.15, -0.1) is 0 Å². The van der Waals surface area contributed by atoms with Crippen LogP contribution in [0.5, 0.6) is 0 Å². The fourth-order valence-electron chi connectivity index (χ4n) is 3.31. The van der Waals surface area contributed by atoms with Crippen LogP contribution in [-0.2, 0) is 0 Å². The maximum atomic E-state index is 3.67. The van der Waals surface area contributed by atoms with Gasteiger partial charge in [-0.05, 0) is 58.0 Å². The van der Waals surface area contributed by atoms with Crippen LogP contribution in [0.3, 0.4) is 0 Å². The first kappa shape index (κ1) is 12.4. The van der Waals surface area contributed by atoms with Crippen molar-refractivity contribution in [3.8, 4) is 0 Å². The van der Waals surface area contributed by atoms with Crippen molar-refractivity contribution in [3.63, 3.8) is 0 Å². The maximum absolute atomic E-state index is 3.67. The van der Waals surface area contributed by atoms with Crippen molar-refractivity contribution in [2.75, 3.05) is 19.6 Å². The van der Waals surface area contributed by atoms with Gasteiger partial charge in [0.05, 0.1) is 0 Å². The van der Waals surface area contributed by atoms with Crippen molar-refractivity contribution >= 4 is 0 Å². The third kappa shape index (κ3) is 3.46. The summed E-state index contributed by atoms with van der Waals surface area (Å²) in [4.78, 5) is 2.71. The van der Waals surface area contributed by atoms with E-state index in [0.717, 1.165) is 18.0 Å². The molecule has 0 aliphatic carbocycles. The lowest BCUT2D eigenvalue weighted by atomic mass is 9.94. The summed E-state index contributed by atoms with van der Waals surface area (Å²) in [6.07, 6.45) is 8.40. The van der Waals surface area contributed by atoms with Crippen LogP contribution in [0, 0.1) is 5.92 Å². The molecule has 0 bridgehead atoms. The highest BCUT2D eigenvalue weighted by atomic mass is 15.2. The summed E-state index contributed by atoms with van der Waals surface area (Å²) in [5, 5.41) is 3.67. The molecule has 2 aliphatic rings. The van der Waals surface area contributed by atoms with Gasteiger partial charge in [-0.1, -0.05) is 13.3 Å². The van der Waals surface area contributed by atoms with Crippen molar-refractivity contribution < 1.29 is 0 Å². The molecule has 1 N–H and O–H groups in total. The number of likely N-dealkylation sites (tertiary alicyclic amines) is 1. The van der Waals surface area contributed by atoms with Gasteiger partial charge in [0.15, 0.2) is 0 Å². The second-order valence-corrected chi connectivity index (χ2v) is 5.97. The molecule has 2 saturated heterocycles. The first-order valence-corrected chi connectivity index (χ1v) is 7.23. The Morgan fingerprint density at radius 3 is 2.81 bits per heavy atom. The Morgan fingerprint density at radius 1 is 1.25 bits per heavy atom. The summed E-state index contributed by atoms with van der Waals surface area (Å²) in [5.74, 6) is 0.913. The molecule has 0 amide bonds. The van der Waals surface area contributed by atoms with Crippen molar-refractivity contribution in [1.82, 2.24) is 10.2 Å². The molecule has 2 heterocycles. The Morgan fingerprint density at radius 2 is 2.12 bits per heavy atom. The number of piperidine rings is 2. The molecule has 0 radical (unpaired) electrons. The summed E-state index contributed by atoms with van der Waals surface area (Å²) in [6, 6.07) is 1.57. The minimum absolute atomic E-state index is 0.776. The van der Waals surface area contributed by atoms with Crippen LogP contribution in [0.25, 0.3) is 0 Å². The molecule has 94 valence electrons. The molecule has 2 heteroatoms. The highest BCUT2D eigenvalue weighted by molar-refractivity contribution is 4.81. The van der Waals surface area contributed by atoms with Crippen LogP contribution in [0.4, 0.5) is 0 Å². The predicted octanol–water partition coefficient (Wildman–Crippen LogP) is 2.64. The summed E-state index contributed by atoms with van der Waals surface area (Å²) < 4.78 is 0. The van der Waals surface area contributed by atoms with E-state index in [-0.39, 0.29) is 0 Å². The van der Waals surface area contributed by atoms with Crippen LogP contribution in [0.2, 0.25) is 0 Å². The van der Waals surface area contributed by atoms with E-state index in [1.54, 1.807) is 0 Å². The fraction of sp³-hybridized carbons (Fsp3) is 1.00. The van der Waals surface area contributed by atoms with Crippen LogP contribution in [0.15, 0.2) is 0 Å². The Hall–Kier alpha value is -0.0800. The van der Waals surface area contributed by atoms with Gasteiger partial charge < -0.3 is 10.2 Å². The first-order chi connectivity index (χ1) is 7.75. The fourth-order valence-corrected chi connectivity index (χ4v) is 3.31. The molecule has 2 nitrogen and oxygen atoms in total. The molecular weight excluding hydrogens is 196 g/mol. The Balaban J connectivity index is 1.75. The third-order valence-corrected chi connectivity index (χ3v) is 4.35. The SMILES string of the molecule is CC1CCCN(C(C)CC2CCCCN2)C1. The lowest BCUT2D eigenvalue weighted by molar-refractivity contribution is 0.122. The standard InChI is InChI=1S/C14H28N2/c1-12-6-5-9-16(11-12)13(2)10-14-7-3-4-8-15-14/h12-15H,3-11H2,1-2H3. The second kappa shape index (κ2) is 6.02. The van der Waals surface area contributed by atoms with Crippen molar-refractivity contribution in [2.45, 2.75) is 64.5 Å². The molecule has 0 spiro atoms.